The van der Waals surface area contributed by atoms with Crippen molar-refractivity contribution in [3.63, 3.8) is 0 Å². The molecule has 0 unspecified atom stereocenters. The number of carbonyl (C=O) groups is 1. The van der Waals surface area contributed by atoms with E-state index in [9.17, 15) is 22.4 Å². The highest BCUT2D eigenvalue weighted by molar-refractivity contribution is 5.91. The lowest BCUT2D eigenvalue weighted by Crippen LogP contribution is -2.45. The molecule has 10 heteroatoms. The predicted octanol–water partition coefficient (Wildman–Crippen LogP) is 4.06. The average Bonchev–Trinajstić information content (AvgIpc) is 3.10. The van der Waals surface area contributed by atoms with Gasteiger partial charge in [-0.05, 0) is 55.8 Å². The number of hydrogen-bond donors (Lipinski definition) is 0. The summed E-state index contributed by atoms with van der Waals surface area (Å²) in [5.74, 6) is -2.27. The highest BCUT2D eigenvalue weighted by Gasteiger charge is 2.42. The predicted molar refractivity (Wildman–Crippen MR) is 116 cm³/mol. The average molecular weight is 464 g/mol. The molecule has 0 amide bonds. The van der Waals surface area contributed by atoms with E-state index in [1.54, 1.807) is 26.0 Å². The Morgan fingerprint density at radius 2 is 1.73 bits per heavy atom. The Morgan fingerprint density at radius 1 is 1.09 bits per heavy atom. The highest BCUT2D eigenvalue weighted by Crippen LogP contribution is 2.36. The van der Waals surface area contributed by atoms with E-state index in [0.29, 0.717) is 42.2 Å². The number of hydrogen-bond acceptors (Lipinski definition) is 5. The number of halogens is 4. The number of imidazole rings is 1. The van der Waals surface area contributed by atoms with Gasteiger partial charge in [0.1, 0.15) is 11.3 Å². The monoisotopic (exact) mass is 464 g/mol. The lowest BCUT2D eigenvalue weighted by Gasteiger charge is -2.33. The molecule has 176 valence electrons. The molecule has 0 atom stereocenters. The molecule has 2 heterocycles. The second-order valence-electron chi connectivity index (χ2n) is 8.32. The number of ether oxygens (including phenoxy) is 1. The van der Waals surface area contributed by atoms with Crippen LogP contribution in [0.25, 0.3) is 11.0 Å². The molecule has 33 heavy (non-hydrogen) atoms. The summed E-state index contributed by atoms with van der Waals surface area (Å²) >= 11 is 0. The molecule has 0 saturated carbocycles. The van der Waals surface area contributed by atoms with Gasteiger partial charge in [-0.2, -0.15) is 13.2 Å². The minimum atomic E-state index is -5.13. The molecule has 4 rings (SSSR count). The van der Waals surface area contributed by atoms with Crippen molar-refractivity contribution in [2.45, 2.75) is 26.6 Å². The summed E-state index contributed by atoms with van der Waals surface area (Å²) in [5, 5.41) is 0. The van der Waals surface area contributed by atoms with Gasteiger partial charge in [0.05, 0.1) is 12.1 Å². The zero-order valence-electron chi connectivity index (χ0n) is 18.5. The Balaban J connectivity index is 1.87. The Labute approximate surface area is 188 Å². The van der Waals surface area contributed by atoms with Crippen LogP contribution in [0.1, 0.15) is 16.7 Å². The molecule has 1 fully saturated rings. The fourth-order valence-electron chi connectivity index (χ4n) is 3.89. The zero-order chi connectivity index (χ0) is 23.9. The summed E-state index contributed by atoms with van der Waals surface area (Å²) in [7, 11) is 2.01. The third kappa shape index (κ3) is 4.66. The van der Waals surface area contributed by atoms with Gasteiger partial charge in [-0.15, -0.1) is 0 Å². The van der Waals surface area contributed by atoms with E-state index in [4.69, 9.17) is 4.74 Å². The number of esters is 1. The van der Waals surface area contributed by atoms with Crippen molar-refractivity contribution < 1.29 is 27.1 Å². The van der Waals surface area contributed by atoms with Crippen LogP contribution in [0.5, 0.6) is 5.75 Å². The van der Waals surface area contributed by atoms with Gasteiger partial charge < -0.3 is 19.1 Å². The number of piperazine rings is 1. The molecule has 0 radical (unpaired) electrons. The number of fused-ring (bicyclic) bond motifs is 1. The van der Waals surface area contributed by atoms with Crippen LogP contribution < -0.4 is 9.64 Å². The largest absolute Gasteiger partial charge is 0.491 e. The Bertz CT molecular complexity index is 1180. The van der Waals surface area contributed by atoms with Gasteiger partial charge in [-0.1, -0.05) is 12.1 Å². The number of anilines is 1. The smallest absolute Gasteiger partial charge is 0.417 e. The quantitative estimate of drug-likeness (QED) is 0.331. The SMILES string of the molecule is Cc1cc2c(nc(N3CCN(C)CC3)n2Cc2ccc(F)cc2)c(OC(=O)C(F)(F)F)c1C. The normalized spacial score (nSPS) is 15.3. The van der Waals surface area contributed by atoms with E-state index >= 15 is 0 Å². The van der Waals surface area contributed by atoms with E-state index in [-0.39, 0.29) is 17.1 Å². The van der Waals surface area contributed by atoms with Gasteiger partial charge in [0.2, 0.25) is 5.95 Å². The van der Waals surface area contributed by atoms with E-state index in [2.05, 4.69) is 14.8 Å². The minimum Gasteiger partial charge on any atom is -0.417 e. The van der Waals surface area contributed by atoms with Crippen molar-refractivity contribution in [1.82, 2.24) is 14.5 Å². The Hall–Kier alpha value is -3.14. The van der Waals surface area contributed by atoms with Crippen LogP contribution in [-0.2, 0) is 11.3 Å². The van der Waals surface area contributed by atoms with E-state index in [1.807, 2.05) is 17.7 Å². The van der Waals surface area contributed by atoms with Crippen molar-refractivity contribution >= 4 is 23.0 Å². The molecule has 0 bridgehead atoms. The van der Waals surface area contributed by atoms with E-state index in [0.717, 1.165) is 18.7 Å². The number of carbonyl (C=O) groups excluding carboxylic acids is 1. The van der Waals surface area contributed by atoms with Crippen LogP contribution in [0.4, 0.5) is 23.5 Å². The summed E-state index contributed by atoms with van der Waals surface area (Å²) in [4.78, 5) is 20.6. The van der Waals surface area contributed by atoms with Gasteiger partial charge in [0.25, 0.3) is 0 Å². The summed E-state index contributed by atoms with van der Waals surface area (Å²) in [5.41, 5.74) is 2.61. The Morgan fingerprint density at radius 3 is 2.33 bits per heavy atom. The molecule has 3 aromatic rings. The number of alkyl halides is 3. The van der Waals surface area contributed by atoms with Gasteiger partial charge in [0.15, 0.2) is 5.75 Å². The number of benzene rings is 2. The van der Waals surface area contributed by atoms with Gasteiger partial charge in [0, 0.05) is 26.2 Å². The first-order chi connectivity index (χ1) is 15.5. The first-order valence-corrected chi connectivity index (χ1v) is 10.5. The van der Waals surface area contributed by atoms with E-state index in [1.165, 1.54) is 12.1 Å². The van der Waals surface area contributed by atoms with Crippen molar-refractivity contribution in [2.75, 3.05) is 38.1 Å². The second kappa shape index (κ2) is 8.66. The van der Waals surface area contributed by atoms with Crippen LogP contribution in [0.15, 0.2) is 30.3 Å². The van der Waals surface area contributed by atoms with Crippen LogP contribution in [-0.4, -0.2) is 59.8 Å². The fraction of sp³-hybridized carbons (Fsp3) is 0.391. The topological polar surface area (TPSA) is 50.6 Å². The number of rotatable bonds is 4. The third-order valence-corrected chi connectivity index (χ3v) is 5.95. The lowest BCUT2D eigenvalue weighted by atomic mass is 10.1. The molecule has 6 nitrogen and oxygen atoms in total. The fourth-order valence-corrected chi connectivity index (χ4v) is 3.89. The zero-order valence-corrected chi connectivity index (χ0v) is 18.5. The highest BCUT2D eigenvalue weighted by atomic mass is 19.4. The summed E-state index contributed by atoms with van der Waals surface area (Å²) in [6.45, 7) is 6.62. The number of aromatic nitrogens is 2. The van der Waals surface area contributed by atoms with Crippen LogP contribution in [0.2, 0.25) is 0 Å². The van der Waals surface area contributed by atoms with Crippen molar-refractivity contribution in [2.24, 2.45) is 0 Å². The van der Waals surface area contributed by atoms with Gasteiger partial charge >= 0.3 is 12.1 Å². The summed E-state index contributed by atoms with van der Waals surface area (Å²) in [6, 6.07) is 7.85. The lowest BCUT2D eigenvalue weighted by molar-refractivity contribution is -0.189. The molecular formula is C23H24F4N4O2. The maximum Gasteiger partial charge on any atom is 0.491 e. The maximum absolute atomic E-state index is 13.4. The van der Waals surface area contributed by atoms with Crippen LogP contribution in [0.3, 0.4) is 0 Å². The van der Waals surface area contributed by atoms with E-state index < -0.39 is 12.1 Å². The molecular weight excluding hydrogens is 440 g/mol. The molecule has 2 aromatic carbocycles. The molecule has 1 aromatic heterocycles. The first kappa shape index (κ1) is 23.0. The van der Waals surface area contributed by atoms with Crippen LogP contribution >= 0.6 is 0 Å². The molecule has 1 aliphatic heterocycles. The number of likely N-dealkylation sites (N-methyl/N-ethyl adjacent to an activating group) is 1. The van der Waals surface area contributed by atoms with Gasteiger partial charge in [-0.25, -0.2) is 14.2 Å². The third-order valence-electron chi connectivity index (χ3n) is 5.95. The standard InChI is InChI=1S/C23H24F4N4O2/c1-14-12-18-19(20(15(14)2)33-21(32)23(25,26)27)28-22(30-10-8-29(3)9-11-30)31(18)13-16-4-6-17(24)7-5-16/h4-7,12H,8-11,13H2,1-3H3. The molecule has 1 aliphatic rings. The van der Waals surface area contributed by atoms with Crippen molar-refractivity contribution in [3.8, 4) is 5.75 Å². The molecule has 0 aliphatic carbocycles. The second-order valence-corrected chi connectivity index (χ2v) is 8.32. The van der Waals surface area contributed by atoms with Crippen molar-refractivity contribution in [1.29, 1.82) is 0 Å². The van der Waals surface area contributed by atoms with Crippen LogP contribution in [0, 0.1) is 19.7 Å². The number of nitrogens with zero attached hydrogens (tertiary/aromatic N) is 4. The summed E-state index contributed by atoms with van der Waals surface area (Å²) < 4.78 is 59.0. The van der Waals surface area contributed by atoms with Crippen molar-refractivity contribution in [3.05, 3.63) is 52.8 Å². The first-order valence-electron chi connectivity index (χ1n) is 10.5. The summed E-state index contributed by atoms with van der Waals surface area (Å²) in [6.07, 6.45) is -5.13. The maximum atomic E-state index is 13.4. The molecule has 1 saturated heterocycles. The molecule has 0 spiro atoms. The minimum absolute atomic E-state index is 0.187. The Kier molecular flexibility index (Phi) is 6.04. The number of aryl methyl sites for hydroxylation is 1. The van der Waals surface area contributed by atoms with Gasteiger partial charge in [-0.3, -0.25) is 0 Å². The molecule has 0 N–H and O–H groups in total.